The van der Waals surface area contributed by atoms with E-state index in [0.29, 0.717) is 4.83 Å². The van der Waals surface area contributed by atoms with Gasteiger partial charge in [0.05, 0.1) is 0 Å². The summed E-state index contributed by atoms with van der Waals surface area (Å²) in [6.45, 7) is 2.18. The van der Waals surface area contributed by atoms with E-state index in [9.17, 15) is 0 Å². The van der Waals surface area contributed by atoms with Crippen LogP contribution in [0.5, 0.6) is 0 Å². The molecule has 0 spiro atoms. The van der Waals surface area contributed by atoms with Crippen LogP contribution in [0.1, 0.15) is 28.4 Å². The third-order valence-electron chi connectivity index (χ3n) is 3.08. The summed E-state index contributed by atoms with van der Waals surface area (Å²) in [5, 5.41) is 0. The zero-order chi connectivity index (χ0) is 13.0. The Morgan fingerprint density at radius 1 is 0.889 bits per heavy atom. The molecule has 0 aliphatic carbocycles. The molecule has 0 aliphatic heterocycles. The van der Waals surface area contributed by atoms with Gasteiger partial charge in [0.15, 0.2) is 0 Å². The van der Waals surface area contributed by atoms with Gasteiger partial charge in [-0.3, -0.25) is 0 Å². The molecule has 0 aromatic heterocycles. The quantitative estimate of drug-likeness (QED) is 0.609. The summed E-state index contributed by atoms with van der Waals surface area (Å²) < 4.78 is 1.13. The highest BCUT2D eigenvalue weighted by Gasteiger charge is 2.08. The van der Waals surface area contributed by atoms with Gasteiger partial charge in [-0.15, -0.1) is 0 Å². The lowest BCUT2D eigenvalue weighted by molar-refractivity contribution is 0.946. The highest BCUT2D eigenvalue weighted by atomic mass is 79.9. The van der Waals surface area contributed by atoms with Gasteiger partial charge in [0.2, 0.25) is 0 Å². The van der Waals surface area contributed by atoms with Crippen molar-refractivity contribution in [1.29, 1.82) is 0 Å². The molecule has 2 heteroatoms. The van der Waals surface area contributed by atoms with Crippen LogP contribution in [0.25, 0.3) is 0 Å². The number of halogens is 2. The summed E-state index contributed by atoms with van der Waals surface area (Å²) in [6, 6.07) is 17.4. The van der Waals surface area contributed by atoms with Crippen LogP contribution in [-0.2, 0) is 12.8 Å². The zero-order valence-corrected chi connectivity index (χ0v) is 13.5. The van der Waals surface area contributed by atoms with Crippen molar-refractivity contribution in [1.82, 2.24) is 0 Å². The van der Waals surface area contributed by atoms with Gasteiger partial charge in [0, 0.05) is 9.30 Å². The van der Waals surface area contributed by atoms with Gasteiger partial charge in [0.25, 0.3) is 0 Å². The summed E-state index contributed by atoms with van der Waals surface area (Å²) in [6.07, 6.45) is 2.11. The average molecular weight is 368 g/mol. The lowest BCUT2D eigenvalue weighted by Crippen LogP contribution is -1.95. The number of aryl methyl sites for hydroxylation is 1. The van der Waals surface area contributed by atoms with E-state index in [4.69, 9.17) is 0 Å². The molecular formula is C16H16Br2. The van der Waals surface area contributed by atoms with Crippen molar-refractivity contribution in [3.63, 3.8) is 0 Å². The maximum atomic E-state index is 3.78. The Hall–Kier alpha value is -0.600. The van der Waals surface area contributed by atoms with Gasteiger partial charge in [-0.1, -0.05) is 75.2 Å². The molecule has 94 valence electrons. The molecule has 0 saturated heterocycles. The lowest BCUT2D eigenvalue weighted by atomic mass is 10.0. The summed E-state index contributed by atoms with van der Waals surface area (Å²) in [7, 11) is 0. The van der Waals surface area contributed by atoms with Crippen LogP contribution in [0.3, 0.4) is 0 Å². The number of hydrogen-bond donors (Lipinski definition) is 0. The molecule has 0 bridgehead atoms. The van der Waals surface area contributed by atoms with Crippen LogP contribution in [0.15, 0.2) is 53.0 Å². The normalized spacial score (nSPS) is 12.4. The SMILES string of the molecule is CCc1ccc(C(Br)Cc2ccc(Br)cc2)cc1. The number of benzene rings is 2. The van der Waals surface area contributed by atoms with Crippen LogP contribution >= 0.6 is 31.9 Å². The van der Waals surface area contributed by atoms with Gasteiger partial charge >= 0.3 is 0 Å². The molecule has 0 amide bonds. The van der Waals surface area contributed by atoms with Crippen molar-refractivity contribution in [2.24, 2.45) is 0 Å². The van der Waals surface area contributed by atoms with Crippen molar-refractivity contribution in [3.05, 3.63) is 69.7 Å². The second-order valence-electron chi connectivity index (χ2n) is 4.39. The highest BCUT2D eigenvalue weighted by molar-refractivity contribution is 9.10. The standard InChI is InChI=1S/C16H16Br2/c1-2-12-3-7-14(8-4-12)16(18)11-13-5-9-15(17)10-6-13/h3-10,16H,2,11H2,1H3. The fraction of sp³-hybridized carbons (Fsp3) is 0.250. The Bertz CT molecular complexity index is 486. The summed E-state index contributed by atoms with van der Waals surface area (Å²) in [5.41, 5.74) is 4.08. The smallest absolute Gasteiger partial charge is 0.0435 e. The first kappa shape index (κ1) is 13.8. The Labute approximate surface area is 126 Å². The molecule has 0 heterocycles. The van der Waals surface area contributed by atoms with E-state index in [1.165, 1.54) is 16.7 Å². The van der Waals surface area contributed by atoms with Gasteiger partial charge in [-0.25, -0.2) is 0 Å². The first-order chi connectivity index (χ1) is 8.69. The first-order valence-corrected chi connectivity index (χ1v) is 7.87. The van der Waals surface area contributed by atoms with Crippen molar-refractivity contribution in [2.45, 2.75) is 24.6 Å². The Morgan fingerprint density at radius 2 is 1.44 bits per heavy atom. The molecule has 1 unspecified atom stereocenters. The Morgan fingerprint density at radius 3 is 2.00 bits per heavy atom. The zero-order valence-electron chi connectivity index (χ0n) is 10.4. The maximum Gasteiger partial charge on any atom is 0.0435 e. The van der Waals surface area contributed by atoms with Gasteiger partial charge in [-0.2, -0.15) is 0 Å². The number of rotatable bonds is 4. The topological polar surface area (TPSA) is 0 Å². The van der Waals surface area contributed by atoms with Crippen LogP contribution in [-0.4, -0.2) is 0 Å². The summed E-state index contributed by atoms with van der Waals surface area (Å²) >= 11 is 7.24. The number of alkyl halides is 1. The lowest BCUT2D eigenvalue weighted by Gasteiger charge is -2.11. The van der Waals surface area contributed by atoms with E-state index in [2.05, 4.69) is 87.3 Å². The molecule has 0 radical (unpaired) electrons. The van der Waals surface area contributed by atoms with E-state index in [1.54, 1.807) is 0 Å². The third kappa shape index (κ3) is 3.69. The Kier molecular flexibility index (Phi) is 5.02. The highest BCUT2D eigenvalue weighted by Crippen LogP contribution is 2.27. The predicted molar refractivity (Wildman–Crippen MR) is 85.3 cm³/mol. The fourth-order valence-corrected chi connectivity index (χ4v) is 2.85. The molecule has 1 atom stereocenters. The molecule has 2 aromatic carbocycles. The minimum Gasteiger partial charge on any atom is -0.0835 e. The van der Waals surface area contributed by atoms with Crippen molar-refractivity contribution in [3.8, 4) is 0 Å². The second-order valence-corrected chi connectivity index (χ2v) is 6.41. The Balaban J connectivity index is 2.06. The van der Waals surface area contributed by atoms with E-state index in [0.717, 1.165) is 17.3 Å². The fourth-order valence-electron chi connectivity index (χ4n) is 1.91. The molecule has 0 aliphatic rings. The molecule has 2 rings (SSSR count). The van der Waals surface area contributed by atoms with E-state index in [1.807, 2.05) is 0 Å². The predicted octanol–water partition coefficient (Wildman–Crippen LogP) is 5.69. The summed E-state index contributed by atoms with van der Waals surface area (Å²) in [5.74, 6) is 0. The molecular weight excluding hydrogens is 352 g/mol. The molecule has 0 N–H and O–H groups in total. The molecule has 0 saturated carbocycles. The van der Waals surface area contributed by atoms with Crippen LogP contribution in [0.4, 0.5) is 0 Å². The molecule has 0 fully saturated rings. The molecule has 0 nitrogen and oxygen atoms in total. The molecule has 18 heavy (non-hydrogen) atoms. The largest absolute Gasteiger partial charge is 0.0835 e. The minimum absolute atomic E-state index is 0.379. The number of hydrogen-bond acceptors (Lipinski definition) is 0. The van der Waals surface area contributed by atoms with E-state index < -0.39 is 0 Å². The first-order valence-electron chi connectivity index (χ1n) is 6.16. The average Bonchev–Trinajstić information content (AvgIpc) is 2.41. The van der Waals surface area contributed by atoms with Crippen LogP contribution in [0.2, 0.25) is 0 Å². The van der Waals surface area contributed by atoms with E-state index in [-0.39, 0.29) is 0 Å². The van der Waals surface area contributed by atoms with Crippen molar-refractivity contribution >= 4 is 31.9 Å². The second kappa shape index (κ2) is 6.53. The third-order valence-corrected chi connectivity index (χ3v) is 4.46. The summed E-state index contributed by atoms with van der Waals surface area (Å²) in [4.78, 5) is 0.379. The monoisotopic (exact) mass is 366 g/mol. The van der Waals surface area contributed by atoms with Gasteiger partial charge < -0.3 is 0 Å². The van der Waals surface area contributed by atoms with Crippen molar-refractivity contribution < 1.29 is 0 Å². The van der Waals surface area contributed by atoms with Crippen LogP contribution in [0, 0.1) is 0 Å². The van der Waals surface area contributed by atoms with Crippen molar-refractivity contribution in [2.75, 3.05) is 0 Å². The van der Waals surface area contributed by atoms with Crippen LogP contribution < -0.4 is 0 Å². The molecule has 2 aromatic rings. The maximum absolute atomic E-state index is 3.78. The van der Waals surface area contributed by atoms with Gasteiger partial charge in [0.1, 0.15) is 0 Å². The van der Waals surface area contributed by atoms with Gasteiger partial charge in [-0.05, 0) is 41.7 Å². The minimum atomic E-state index is 0.379. The van der Waals surface area contributed by atoms with E-state index >= 15 is 0 Å².